The number of rotatable bonds is 70. The first-order valence-electron chi connectivity index (χ1n) is 38.7. The number of unbranched alkanes of at least 4 members (excludes halogenated alkanes) is 13. The molecule has 0 saturated heterocycles. The lowest BCUT2D eigenvalue weighted by molar-refractivity contribution is -0.161. The van der Waals surface area contributed by atoms with Gasteiger partial charge in [-0.05, 0) is 167 Å². The van der Waals surface area contributed by atoms with Gasteiger partial charge in [0.1, 0.15) is 19.3 Å². The van der Waals surface area contributed by atoms with E-state index in [0.29, 0.717) is 32.1 Å². The smallest absolute Gasteiger partial charge is 0.462 e. The molecule has 0 amide bonds. The molecule has 0 rings (SSSR count). The molecule has 19 heteroatoms. The van der Waals surface area contributed by atoms with Crippen molar-refractivity contribution in [1.82, 2.24) is 0 Å². The highest BCUT2D eigenvalue weighted by Crippen LogP contribution is 2.45. The number of carbonyl (C=O) groups excluding carboxylic acids is 4. The Morgan fingerprint density at radius 3 is 0.875 bits per heavy atom. The summed E-state index contributed by atoms with van der Waals surface area (Å²) >= 11 is 0. The Kier molecular flexibility index (Phi) is 70.7. The molecular formula is C85H134O17P2. The average Bonchev–Trinajstić information content (AvgIpc) is 0.999. The minimum Gasteiger partial charge on any atom is -0.462 e. The average molecular weight is 1490 g/mol. The van der Waals surface area contributed by atoms with Gasteiger partial charge in [-0.25, -0.2) is 9.13 Å². The molecule has 0 aliphatic heterocycles. The van der Waals surface area contributed by atoms with Crippen molar-refractivity contribution in [3.63, 3.8) is 0 Å². The van der Waals surface area contributed by atoms with Gasteiger partial charge in [0, 0.05) is 19.3 Å². The molecule has 0 aromatic heterocycles. The fourth-order valence-electron chi connectivity index (χ4n) is 9.28. The summed E-state index contributed by atoms with van der Waals surface area (Å²) < 4.78 is 68.3. The van der Waals surface area contributed by atoms with Crippen molar-refractivity contribution < 1.29 is 80.2 Å². The van der Waals surface area contributed by atoms with Gasteiger partial charge in [0.05, 0.1) is 32.8 Å². The number of esters is 4. The van der Waals surface area contributed by atoms with E-state index in [1.54, 1.807) is 12.2 Å². The maximum atomic E-state index is 13.1. The van der Waals surface area contributed by atoms with Crippen LogP contribution in [0.4, 0.5) is 0 Å². The van der Waals surface area contributed by atoms with Crippen LogP contribution >= 0.6 is 15.6 Å². The fourth-order valence-corrected chi connectivity index (χ4v) is 10.9. The summed E-state index contributed by atoms with van der Waals surface area (Å²) in [7, 11) is -10.0. The molecular weight excluding hydrogens is 1350 g/mol. The highest BCUT2D eigenvalue weighted by molar-refractivity contribution is 7.47. The van der Waals surface area contributed by atoms with Gasteiger partial charge in [-0.3, -0.25) is 37.3 Å². The summed E-state index contributed by atoms with van der Waals surface area (Å²) in [5, 5.41) is 10.6. The van der Waals surface area contributed by atoms with Gasteiger partial charge in [0.15, 0.2) is 12.2 Å². The zero-order chi connectivity index (χ0) is 76.0. The zero-order valence-electron chi connectivity index (χ0n) is 63.9. The first-order valence-corrected chi connectivity index (χ1v) is 41.7. The molecule has 586 valence electrons. The summed E-state index contributed by atoms with van der Waals surface area (Å²) in [6.45, 7) is 4.23. The van der Waals surface area contributed by atoms with Crippen LogP contribution in [0.5, 0.6) is 0 Å². The maximum Gasteiger partial charge on any atom is 0.472 e. The van der Waals surface area contributed by atoms with Crippen molar-refractivity contribution in [1.29, 1.82) is 0 Å². The van der Waals surface area contributed by atoms with E-state index in [2.05, 4.69) is 192 Å². The van der Waals surface area contributed by atoms with E-state index >= 15 is 0 Å². The Morgan fingerprint density at radius 2 is 0.538 bits per heavy atom. The molecule has 0 spiro atoms. The Morgan fingerprint density at radius 1 is 0.288 bits per heavy atom. The van der Waals surface area contributed by atoms with Gasteiger partial charge in [-0.1, -0.05) is 261 Å². The topological polar surface area (TPSA) is 237 Å². The first kappa shape index (κ1) is 97.9. The lowest BCUT2D eigenvalue weighted by atomic mass is 10.1. The molecule has 104 heavy (non-hydrogen) atoms. The number of carbonyl (C=O) groups is 4. The fraction of sp³-hybridized carbons (Fsp3) is 0.576. The van der Waals surface area contributed by atoms with Crippen molar-refractivity contribution in [2.24, 2.45) is 0 Å². The number of aliphatic hydroxyl groups is 1. The van der Waals surface area contributed by atoms with Crippen LogP contribution in [0.25, 0.3) is 0 Å². The normalized spacial score (nSPS) is 15.0. The molecule has 3 N–H and O–H groups in total. The Balaban J connectivity index is 5.52. The van der Waals surface area contributed by atoms with Gasteiger partial charge >= 0.3 is 39.5 Å². The molecule has 0 saturated carbocycles. The zero-order valence-corrected chi connectivity index (χ0v) is 65.6. The number of phosphoric ester groups is 2. The summed E-state index contributed by atoms with van der Waals surface area (Å²) in [5.41, 5.74) is 0. The summed E-state index contributed by atoms with van der Waals surface area (Å²) in [6.07, 6.45) is 91.8. The van der Waals surface area contributed by atoms with E-state index in [4.69, 9.17) is 37.0 Å². The van der Waals surface area contributed by atoms with Gasteiger partial charge in [0.2, 0.25) is 0 Å². The molecule has 0 aromatic carbocycles. The van der Waals surface area contributed by atoms with Crippen LogP contribution < -0.4 is 0 Å². The van der Waals surface area contributed by atoms with E-state index in [-0.39, 0.29) is 25.7 Å². The van der Waals surface area contributed by atoms with E-state index < -0.39 is 97.5 Å². The summed E-state index contributed by atoms with van der Waals surface area (Å²) in [4.78, 5) is 72.9. The van der Waals surface area contributed by atoms with Crippen LogP contribution in [0.2, 0.25) is 0 Å². The van der Waals surface area contributed by atoms with E-state index in [0.717, 1.165) is 154 Å². The minimum atomic E-state index is -5.02. The Labute approximate surface area is 627 Å². The predicted molar refractivity (Wildman–Crippen MR) is 426 cm³/mol. The standard InChI is InChI=1S/C85H134O17P2/c1-5-9-13-17-21-25-29-33-37-38-39-40-44-46-50-54-58-62-66-70-83(88)96-76-81(102-85(90)72-68-64-60-56-52-48-43-36-32-28-24-20-16-12-8-4)78-100-104(93,94)98-74-79(86)73-97-103(91,92)99-77-80(101-84(89)71-67-63-59-55-51-47-42-35-31-27-23-19-15-11-7-3)75-95-82(87)69-65-61-57-53-49-45-41-34-30-26-22-18-14-10-6-2/h10-12,14-16,21-28,33-37,39-43,49,51-53,55-56,64,68,79-81,86H,5-9,13,17-20,29-32,38,44-48,50,54,57-63,65-67,69-78H2,1-4H3,(H,91,92)(H,93,94)/b14-10-,15-11-,16-12-,25-21-,26-22-,27-23-,28-24-,37-33-,40-39-,41-34-,42-35-,43-36-,53-49-,55-51-,56-52-,68-64-. The molecule has 0 aromatic rings. The second-order valence-electron chi connectivity index (χ2n) is 24.8. The molecule has 0 fully saturated rings. The number of phosphoric acid groups is 2. The molecule has 0 aliphatic carbocycles. The number of hydrogen-bond acceptors (Lipinski definition) is 15. The molecule has 5 atom stereocenters. The molecule has 0 aliphatic rings. The summed E-state index contributed by atoms with van der Waals surface area (Å²) in [6, 6.07) is 0. The third kappa shape index (κ3) is 74.2. The van der Waals surface area contributed by atoms with Crippen LogP contribution in [0, 0.1) is 0 Å². The first-order chi connectivity index (χ1) is 50.7. The van der Waals surface area contributed by atoms with Crippen molar-refractivity contribution in [2.75, 3.05) is 39.6 Å². The number of aliphatic hydroxyl groups excluding tert-OH is 1. The van der Waals surface area contributed by atoms with Crippen LogP contribution in [0.15, 0.2) is 194 Å². The van der Waals surface area contributed by atoms with E-state index in [1.807, 2.05) is 18.2 Å². The largest absolute Gasteiger partial charge is 0.472 e. The number of hydrogen-bond donors (Lipinski definition) is 3. The van der Waals surface area contributed by atoms with E-state index in [9.17, 15) is 43.2 Å². The van der Waals surface area contributed by atoms with Gasteiger partial charge in [-0.2, -0.15) is 0 Å². The molecule has 5 unspecified atom stereocenters. The number of allylic oxidation sites excluding steroid dienone is 31. The van der Waals surface area contributed by atoms with Crippen molar-refractivity contribution in [2.45, 2.75) is 277 Å². The van der Waals surface area contributed by atoms with E-state index in [1.165, 1.54) is 19.3 Å². The quantitative estimate of drug-likeness (QED) is 0.0169. The predicted octanol–water partition coefficient (Wildman–Crippen LogP) is 22.5. The van der Waals surface area contributed by atoms with Crippen LogP contribution in [-0.2, 0) is 65.4 Å². The lowest BCUT2D eigenvalue weighted by Crippen LogP contribution is -2.30. The Bertz CT molecular complexity index is 2740. The lowest BCUT2D eigenvalue weighted by Gasteiger charge is -2.21. The van der Waals surface area contributed by atoms with Gasteiger partial charge in [-0.15, -0.1) is 0 Å². The Hall–Kier alpha value is -6.10. The molecule has 0 heterocycles. The van der Waals surface area contributed by atoms with Crippen molar-refractivity contribution in [3.05, 3.63) is 194 Å². The van der Waals surface area contributed by atoms with Gasteiger partial charge in [0.25, 0.3) is 0 Å². The molecule has 0 radical (unpaired) electrons. The monoisotopic (exact) mass is 1490 g/mol. The van der Waals surface area contributed by atoms with Crippen LogP contribution in [0.3, 0.4) is 0 Å². The number of ether oxygens (including phenoxy) is 4. The maximum absolute atomic E-state index is 13.1. The summed E-state index contributed by atoms with van der Waals surface area (Å²) in [5.74, 6) is -2.46. The second kappa shape index (κ2) is 75.1. The molecule has 0 bridgehead atoms. The highest BCUT2D eigenvalue weighted by atomic mass is 31.2. The van der Waals surface area contributed by atoms with Gasteiger partial charge < -0.3 is 33.8 Å². The minimum absolute atomic E-state index is 0.0226. The SMILES string of the molecule is CC/C=C\C/C=C\C/C=C\C/C=C\C/C=C\CC(=O)OC(COC(=O)CCCCCCCC/C=C\C/C=C\C/C=C\CCCCC)COP(=O)(O)OCC(O)COP(=O)(O)OCC(COC(=O)CCCC/C=C\C/C=C\C/C=C\C/C=C\CC)OC(=O)CCCC/C=C\C/C=C\C/C=C\C/C=C\CC. The van der Waals surface area contributed by atoms with Crippen LogP contribution in [-0.4, -0.2) is 96.7 Å². The third-order valence-corrected chi connectivity index (χ3v) is 17.0. The van der Waals surface area contributed by atoms with Crippen molar-refractivity contribution in [3.8, 4) is 0 Å². The van der Waals surface area contributed by atoms with Crippen LogP contribution in [0.1, 0.15) is 259 Å². The molecule has 17 nitrogen and oxygen atoms in total. The second-order valence-corrected chi connectivity index (χ2v) is 27.7. The highest BCUT2D eigenvalue weighted by Gasteiger charge is 2.30. The van der Waals surface area contributed by atoms with Crippen molar-refractivity contribution >= 4 is 39.5 Å². The third-order valence-electron chi connectivity index (χ3n) is 15.1.